The summed E-state index contributed by atoms with van der Waals surface area (Å²) in [5, 5.41) is 6.65. The zero-order valence-corrected chi connectivity index (χ0v) is 19.9. The first-order valence-corrected chi connectivity index (χ1v) is 11.1. The van der Waals surface area contributed by atoms with Crippen molar-refractivity contribution in [3.8, 4) is 11.5 Å². The lowest BCUT2D eigenvalue weighted by Gasteiger charge is -2.29. The Morgan fingerprint density at radius 3 is 2.47 bits per heavy atom. The van der Waals surface area contributed by atoms with Gasteiger partial charge in [0.15, 0.2) is 18.1 Å². The minimum atomic E-state index is -0.329. The van der Waals surface area contributed by atoms with E-state index in [2.05, 4.69) is 39.8 Å². The van der Waals surface area contributed by atoms with Gasteiger partial charge in [-0.2, -0.15) is 0 Å². The maximum Gasteiger partial charge on any atom is 0.258 e. The maximum absolute atomic E-state index is 12.1. The molecule has 1 amide bonds. The first-order chi connectivity index (χ1) is 15.2. The van der Waals surface area contributed by atoms with Gasteiger partial charge in [-0.05, 0) is 62.7 Å². The summed E-state index contributed by atoms with van der Waals surface area (Å²) in [4.78, 5) is 14.4. The van der Waals surface area contributed by atoms with Crippen LogP contribution in [0.2, 0.25) is 5.02 Å². The van der Waals surface area contributed by atoms with Crippen LogP contribution < -0.4 is 25.0 Å². The van der Waals surface area contributed by atoms with Crippen molar-refractivity contribution in [3.63, 3.8) is 0 Å². The van der Waals surface area contributed by atoms with Crippen LogP contribution in [-0.2, 0) is 16.1 Å². The van der Waals surface area contributed by atoms with Crippen LogP contribution in [0.15, 0.2) is 36.4 Å². The second kappa shape index (κ2) is 10.8. The van der Waals surface area contributed by atoms with Crippen LogP contribution in [0.3, 0.4) is 0 Å². The predicted octanol–water partition coefficient (Wildman–Crippen LogP) is 4.09. The Bertz CT molecular complexity index is 907. The van der Waals surface area contributed by atoms with Gasteiger partial charge in [-0.25, -0.2) is 0 Å². The van der Waals surface area contributed by atoms with E-state index < -0.39 is 0 Å². The number of ether oxygens (including phenoxy) is 3. The zero-order chi connectivity index (χ0) is 23.1. The molecule has 0 bridgehead atoms. The van der Waals surface area contributed by atoms with E-state index in [-0.39, 0.29) is 18.1 Å². The molecule has 0 spiro atoms. The minimum Gasteiger partial charge on any atom is -0.493 e. The van der Waals surface area contributed by atoms with Crippen molar-refractivity contribution < 1.29 is 19.0 Å². The van der Waals surface area contributed by atoms with Crippen LogP contribution in [0.5, 0.6) is 11.5 Å². The monoisotopic (exact) mass is 461 g/mol. The number of carbonyl (C=O) groups is 1. The van der Waals surface area contributed by atoms with Gasteiger partial charge in [0.1, 0.15) is 0 Å². The Kier molecular flexibility index (Phi) is 8.10. The number of methoxy groups -OCH3 is 1. The van der Waals surface area contributed by atoms with E-state index in [9.17, 15) is 4.79 Å². The smallest absolute Gasteiger partial charge is 0.258 e. The third-order valence-electron chi connectivity index (χ3n) is 4.89. The fourth-order valence-corrected chi connectivity index (χ4v) is 3.71. The largest absolute Gasteiger partial charge is 0.493 e. The fourth-order valence-electron chi connectivity index (χ4n) is 3.42. The van der Waals surface area contributed by atoms with Gasteiger partial charge in [-0.1, -0.05) is 11.6 Å². The summed E-state index contributed by atoms with van der Waals surface area (Å²) in [7, 11) is 1.55. The number of nitrogens with one attached hydrogen (secondary N) is 2. The van der Waals surface area contributed by atoms with Gasteiger partial charge in [-0.15, -0.1) is 0 Å². The lowest BCUT2D eigenvalue weighted by molar-refractivity contribution is -0.124. The second-order valence-electron chi connectivity index (χ2n) is 8.70. The number of amides is 1. The molecule has 0 saturated carbocycles. The molecular weight excluding hydrogens is 430 g/mol. The lowest BCUT2D eigenvalue weighted by atomic mass is 10.1. The Labute approximate surface area is 195 Å². The Morgan fingerprint density at radius 1 is 1.16 bits per heavy atom. The van der Waals surface area contributed by atoms with Gasteiger partial charge in [-0.3, -0.25) is 4.79 Å². The van der Waals surface area contributed by atoms with E-state index in [1.165, 1.54) is 5.69 Å². The molecule has 0 aromatic heterocycles. The van der Waals surface area contributed by atoms with E-state index >= 15 is 0 Å². The molecule has 2 N–H and O–H groups in total. The second-order valence-corrected chi connectivity index (χ2v) is 9.10. The number of carbonyl (C=O) groups excluding carboxylic acids is 1. The highest BCUT2D eigenvalue weighted by molar-refractivity contribution is 6.32. The molecule has 2 aromatic rings. The molecule has 1 aliphatic heterocycles. The van der Waals surface area contributed by atoms with Crippen molar-refractivity contribution >= 4 is 28.9 Å². The van der Waals surface area contributed by atoms with Crippen LogP contribution in [0.25, 0.3) is 0 Å². The summed E-state index contributed by atoms with van der Waals surface area (Å²) >= 11 is 6.44. The summed E-state index contributed by atoms with van der Waals surface area (Å²) < 4.78 is 16.5. The molecule has 7 nitrogen and oxygen atoms in total. The predicted molar refractivity (Wildman–Crippen MR) is 128 cm³/mol. The summed E-state index contributed by atoms with van der Waals surface area (Å²) in [5.41, 5.74) is 2.82. The van der Waals surface area contributed by atoms with Crippen LogP contribution >= 0.6 is 11.6 Å². The van der Waals surface area contributed by atoms with Gasteiger partial charge < -0.3 is 29.7 Å². The summed E-state index contributed by atoms with van der Waals surface area (Å²) in [6, 6.07) is 12.0. The summed E-state index contributed by atoms with van der Waals surface area (Å²) in [6.07, 6.45) is 0. The molecule has 32 heavy (non-hydrogen) atoms. The molecule has 2 aromatic carbocycles. The molecule has 174 valence electrons. The Balaban J connectivity index is 1.60. The molecule has 0 atom stereocenters. The quantitative estimate of drug-likeness (QED) is 0.617. The van der Waals surface area contributed by atoms with Gasteiger partial charge >= 0.3 is 0 Å². The molecule has 0 radical (unpaired) electrons. The minimum absolute atomic E-state index is 0.138. The molecule has 1 heterocycles. The molecule has 0 unspecified atom stereocenters. The molecule has 3 rings (SSSR count). The van der Waals surface area contributed by atoms with Crippen molar-refractivity contribution in [2.24, 2.45) is 0 Å². The van der Waals surface area contributed by atoms with Gasteiger partial charge in [0.25, 0.3) is 5.91 Å². The normalized spacial score (nSPS) is 14.1. The van der Waals surface area contributed by atoms with E-state index in [1.54, 1.807) is 7.11 Å². The summed E-state index contributed by atoms with van der Waals surface area (Å²) in [6.45, 7) is 9.53. The molecule has 0 aliphatic carbocycles. The Hall–Kier alpha value is -2.64. The molecule has 1 saturated heterocycles. The van der Waals surface area contributed by atoms with E-state index in [1.807, 2.05) is 32.9 Å². The number of rotatable bonds is 8. The number of halogens is 1. The van der Waals surface area contributed by atoms with E-state index in [0.29, 0.717) is 23.1 Å². The van der Waals surface area contributed by atoms with Gasteiger partial charge in [0.05, 0.1) is 25.3 Å². The third-order valence-corrected chi connectivity index (χ3v) is 5.17. The van der Waals surface area contributed by atoms with Crippen molar-refractivity contribution in [1.29, 1.82) is 0 Å². The number of nitrogens with zero attached hydrogens (tertiary/aromatic N) is 1. The van der Waals surface area contributed by atoms with Crippen molar-refractivity contribution in [3.05, 3.63) is 47.0 Å². The first-order valence-electron chi connectivity index (χ1n) is 10.7. The SMILES string of the molecule is COc1cc(CNc2ccc(N3CCOCC3)cc2)cc(Cl)c1OCC(=O)NC(C)(C)C. The average Bonchev–Trinajstić information content (AvgIpc) is 2.76. The maximum atomic E-state index is 12.1. The number of hydrogen-bond donors (Lipinski definition) is 2. The molecule has 1 aliphatic rings. The summed E-state index contributed by atoms with van der Waals surface area (Å²) in [5.74, 6) is 0.624. The number of morpholine rings is 1. The number of anilines is 2. The Morgan fingerprint density at radius 2 is 1.84 bits per heavy atom. The van der Waals surface area contributed by atoms with Crippen molar-refractivity contribution in [1.82, 2.24) is 5.32 Å². The van der Waals surface area contributed by atoms with E-state index in [0.717, 1.165) is 37.6 Å². The topological polar surface area (TPSA) is 72.1 Å². The standard InChI is InChI=1S/C24H32ClN3O4/c1-24(2,3)27-22(29)16-32-23-20(25)13-17(14-21(23)30-4)15-26-18-5-7-19(8-6-18)28-9-11-31-12-10-28/h5-8,13-14,26H,9-12,15-16H2,1-4H3,(H,27,29). The van der Waals surface area contributed by atoms with Crippen LogP contribution in [0, 0.1) is 0 Å². The zero-order valence-electron chi connectivity index (χ0n) is 19.2. The average molecular weight is 462 g/mol. The van der Waals surface area contributed by atoms with Crippen LogP contribution in [0.1, 0.15) is 26.3 Å². The first kappa shape index (κ1) is 24.0. The van der Waals surface area contributed by atoms with Crippen LogP contribution in [-0.4, -0.2) is 51.5 Å². The lowest BCUT2D eigenvalue weighted by Crippen LogP contribution is -2.43. The van der Waals surface area contributed by atoms with Gasteiger partial charge in [0, 0.05) is 36.5 Å². The number of hydrogen-bond acceptors (Lipinski definition) is 6. The van der Waals surface area contributed by atoms with E-state index in [4.69, 9.17) is 25.8 Å². The molecule has 1 fully saturated rings. The molecule has 8 heteroatoms. The fraction of sp³-hybridized carbons (Fsp3) is 0.458. The van der Waals surface area contributed by atoms with Crippen molar-refractivity contribution in [2.75, 3.05) is 50.2 Å². The highest BCUT2D eigenvalue weighted by Gasteiger charge is 2.17. The van der Waals surface area contributed by atoms with Crippen LogP contribution in [0.4, 0.5) is 11.4 Å². The highest BCUT2D eigenvalue weighted by atomic mass is 35.5. The van der Waals surface area contributed by atoms with Gasteiger partial charge in [0.2, 0.25) is 0 Å². The highest BCUT2D eigenvalue weighted by Crippen LogP contribution is 2.36. The molecular formula is C24H32ClN3O4. The number of benzene rings is 2. The third kappa shape index (κ3) is 6.93. The van der Waals surface area contributed by atoms with Crippen molar-refractivity contribution in [2.45, 2.75) is 32.9 Å².